The number of nitrogens with zero attached hydrogens (tertiary/aromatic N) is 2. The van der Waals surface area contributed by atoms with Crippen molar-refractivity contribution in [3.63, 3.8) is 0 Å². The van der Waals surface area contributed by atoms with Crippen molar-refractivity contribution in [3.8, 4) is 0 Å². The highest BCUT2D eigenvalue weighted by Crippen LogP contribution is 2.27. The molecule has 0 spiro atoms. The van der Waals surface area contributed by atoms with Crippen molar-refractivity contribution in [2.45, 2.75) is 26.3 Å². The Morgan fingerprint density at radius 2 is 2.15 bits per heavy atom. The number of ketones is 1. The Balaban J connectivity index is 3.10. The summed E-state index contributed by atoms with van der Waals surface area (Å²) in [5.41, 5.74) is 1.10. The van der Waals surface area contributed by atoms with E-state index in [1.165, 1.54) is 19.1 Å². The second-order valence-electron chi connectivity index (χ2n) is 4.76. The van der Waals surface area contributed by atoms with Gasteiger partial charge in [-0.15, -0.1) is 0 Å². The van der Waals surface area contributed by atoms with Crippen molar-refractivity contribution in [2.24, 2.45) is 0 Å². The molecule has 1 aromatic carbocycles. The molecular formula is C14H20N2O3S. The van der Waals surface area contributed by atoms with Crippen molar-refractivity contribution in [3.05, 3.63) is 33.9 Å². The topological polar surface area (TPSA) is 63.4 Å². The van der Waals surface area contributed by atoms with Crippen LogP contribution in [0.25, 0.3) is 0 Å². The lowest BCUT2D eigenvalue weighted by atomic mass is 10.1. The molecule has 0 aliphatic heterocycles. The number of nitro benzene ring substituents is 1. The van der Waals surface area contributed by atoms with Crippen LogP contribution in [0.2, 0.25) is 0 Å². The molecule has 0 aliphatic carbocycles. The van der Waals surface area contributed by atoms with E-state index in [0.29, 0.717) is 5.56 Å². The van der Waals surface area contributed by atoms with Gasteiger partial charge in [0.2, 0.25) is 0 Å². The number of Topliss-reactive ketones (excluding diaryl/α,β-unsaturated/α-hetero) is 1. The Bertz CT molecular complexity index is 505. The Morgan fingerprint density at radius 3 is 2.65 bits per heavy atom. The van der Waals surface area contributed by atoms with Gasteiger partial charge in [-0.25, -0.2) is 0 Å². The number of hydrogen-bond donors (Lipinski definition) is 0. The molecule has 1 unspecified atom stereocenters. The van der Waals surface area contributed by atoms with Crippen LogP contribution in [0, 0.1) is 10.1 Å². The predicted molar refractivity (Wildman–Crippen MR) is 84.0 cm³/mol. The maximum absolute atomic E-state index is 11.7. The summed E-state index contributed by atoms with van der Waals surface area (Å²) in [4.78, 5) is 24.1. The fourth-order valence-corrected chi connectivity index (χ4v) is 2.52. The quantitative estimate of drug-likeness (QED) is 0.438. The van der Waals surface area contributed by atoms with E-state index in [1.54, 1.807) is 17.8 Å². The first-order chi connectivity index (χ1) is 9.38. The van der Waals surface area contributed by atoms with Gasteiger partial charge >= 0.3 is 0 Å². The molecule has 110 valence electrons. The van der Waals surface area contributed by atoms with Gasteiger partial charge < -0.3 is 4.90 Å². The molecule has 1 atom stereocenters. The first-order valence-electron chi connectivity index (χ1n) is 6.39. The average molecular weight is 296 g/mol. The maximum atomic E-state index is 11.7. The van der Waals surface area contributed by atoms with Gasteiger partial charge in [-0.05, 0) is 38.3 Å². The van der Waals surface area contributed by atoms with E-state index in [-0.39, 0.29) is 17.5 Å². The molecule has 0 N–H and O–H groups in total. The predicted octanol–water partition coefficient (Wildman–Crippen LogP) is 3.38. The first-order valence-corrected chi connectivity index (χ1v) is 7.79. The molecule has 0 fully saturated rings. The lowest BCUT2D eigenvalue weighted by molar-refractivity contribution is -0.384. The minimum Gasteiger partial charge on any atom is -0.371 e. The largest absolute Gasteiger partial charge is 0.371 e. The summed E-state index contributed by atoms with van der Waals surface area (Å²) >= 11 is 1.78. The molecule has 0 heterocycles. The van der Waals surface area contributed by atoms with Crippen molar-refractivity contribution < 1.29 is 9.72 Å². The number of nitro groups is 1. The number of hydrogen-bond acceptors (Lipinski definition) is 5. The number of non-ortho nitro benzene ring substituents is 1. The summed E-state index contributed by atoms with van der Waals surface area (Å²) in [6.07, 6.45) is 3.05. The SMILES string of the molecule is CSCCC(C)N(C)c1ccc([N+](=O)[O-])cc1C(C)=O. The third-order valence-corrected chi connectivity index (χ3v) is 4.00. The number of benzene rings is 1. The molecule has 1 aromatic rings. The van der Waals surface area contributed by atoms with Gasteiger partial charge in [0.25, 0.3) is 5.69 Å². The van der Waals surface area contributed by atoms with E-state index in [4.69, 9.17) is 0 Å². The smallest absolute Gasteiger partial charge is 0.270 e. The highest BCUT2D eigenvalue weighted by Gasteiger charge is 2.19. The van der Waals surface area contributed by atoms with Crippen molar-refractivity contribution in [2.75, 3.05) is 24.0 Å². The lowest BCUT2D eigenvalue weighted by Gasteiger charge is -2.28. The van der Waals surface area contributed by atoms with Gasteiger partial charge in [-0.3, -0.25) is 14.9 Å². The van der Waals surface area contributed by atoms with Crippen LogP contribution in [0.3, 0.4) is 0 Å². The molecule has 6 heteroatoms. The molecular weight excluding hydrogens is 276 g/mol. The molecule has 0 aromatic heterocycles. The zero-order valence-corrected chi connectivity index (χ0v) is 13.1. The zero-order chi connectivity index (χ0) is 15.3. The van der Waals surface area contributed by atoms with Crippen LogP contribution in [-0.2, 0) is 0 Å². The minimum absolute atomic E-state index is 0.0517. The molecule has 0 aliphatic rings. The van der Waals surface area contributed by atoms with Crippen LogP contribution in [-0.4, -0.2) is 35.8 Å². The number of thioether (sulfide) groups is 1. The van der Waals surface area contributed by atoms with Crippen LogP contribution < -0.4 is 4.90 Å². The second kappa shape index (κ2) is 7.28. The van der Waals surface area contributed by atoms with Crippen LogP contribution in [0.4, 0.5) is 11.4 Å². The van der Waals surface area contributed by atoms with Crippen LogP contribution in [0.1, 0.15) is 30.6 Å². The number of carbonyl (C=O) groups excluding carboxylic acids is 1. The Hall–Kier alpha value is -1.56. The molecule has 0 saturated carbocycles. The molecule has 0 saturated heterocycles. The number of carbonyl (C=O) groups is 1. The van der Waals surface area contributed by atoms with Gasteiger partial charge in [0.15, 0.2) is 5.78 Å². The van der Waals surface area contributed by atoms with Crippen molar-refractivity contribution in [1.82, 2.24) is 0 Å². The lowest BCUT2D eigenvalue weighted by Crippen LogP contribution is -2.30. The Kier molecular flexibility index (Phi) is 6.01. The molecule has 1 rings (SSSR count). The standard InChI is InChI=1S/C14H20N2O3S/c1-10(7-8-20-4)15(3)14-6-5-12(16(18)19)9-13(14)11(2)17/h5-6,9-10H,7-8H2,1-4H3. The summed E-state index contributed by atoms with van der Waals surface area (Å²) < 4.78 is 0. The fraction of sp³-hybridized carbons (Fsp3) is 0.500. The fourth-order valence-electron chi connectivity index (χ4n) is 1.95. The van der Waals surface area contributed by atoms with Crippen LogP contribution in [0.15, 0.2) is 18.2 Å². The Labute approximate surface area is 123 Å². The van der Waals surface area contributed by atoms with E-state index in [1.807, 2.05) is 11.9 Å². The summed E-state index contributed by atoms with van der Waals surface area (Å²) in [6, 6.07) is 4.72. The minimum atomic E-state index is -0.479. The number of anilines is 1. The summed E-state index contributed by atoms with van der Waals surface area (Å²) in [5.74, 6) is 0.876. The summed E-state index contributed by atoms with van der Waals surface area (Å²) in [5, 5.41) is 10.8. The van der Waals surface area contributed by atoms with Gasteiger partial charge in [0.05, 0.1) is 4.92 Å². The monoisotopic (exact) mass is 296 g/mol. The van der Waals surface area contributed by atoms with Crippen LogP contribution in [0.5, 0.6) is 0 Å². The zero-order valence-electron chi connectivity index (χ0n) is 12.3. The van der Waals surface area contributed by atoms with Crippen molar-refractivity contribution in [1.29, 1.82) is 0 Å². The van der Waals surface area contributed by atoms with E-state index in [0.717, 1.165) is 17.9 Å². The van der Waals surface area contributed by atoms with Crippen LogP contribution >= 0.6 is 11.8 Å². The summed E-state index contributed by atoms with van der Waals surface area (Å²) in [7, 11) is 1.92. The van der Waals surface area contributed by atoms with Gasteiger partial charge in [-0.1, -0.05) is 0 Å². The van der Waals surface area contributed by atoms with Gasteiger partial charge in [0.1, 0.15) is 0 Å². The van der Waals surface area contributed by atoms with E-state index < -0.39 is 4.92 Å². The van der Waals surface area contributed by atoms with E-state index in [2.05, 4.69) is 13.2 Å². The van der Waals surface area contributed by atoms with Gasteiger partial charge in [-0.2, -0.15) is 11.8 Å². The van der Waals surface area contributed by atoms with Crippen molar-refractivity contribution >= 4 is 28.9 Å². The normalized spacial score (nSPS) is 12.0. The van der Waals surface area contributed by atoms with E-state index >= 15 is 0 Å². The summed E-state index contributed by atoms with van der Waals surface area (Å²) in [6.45, 7) is 3.52. The molecule has 0 bridgehead atoms. The molecule has 20 heavy (non-hydrogen) atoms. The highest BCUT2D eigenvalue weighted by molar-refractivity contribution is 7.98. The van der Waals surface area contributed by atoms with E-state index in [9.17, 15) is 14.9 Å². The molecule has 0 radical (unpaired) electrons. The third kappa shape index (κ3) is 3.96. The Morgan fingerprint density at radius 1 is 1.50 bits per heavy atom. The van der Waals surface area contributed by atoms with Gasteiger partial charge in [0, 0.05) is 36.5 Å². The molecule has 0 amide bonds. The number of rotatable bonds is 7. The molecule has 5 nitrogen and oxygen atoms in total. The third-order valence-electron chi connectivity index (χ3n) is 3.35. The maximum Gasteiger partial charge on any atom is 0.270 e. The first kappa shape index (κ1) is 16.5. The average Bonchev–Trinajstić information content (AvgIpc) is 2.42. The second-order valence-corrected chi connectivity index (χ2v) is 5.74. The highest BCUT2D eigenvalue weighted by atomic mass is 32.2.